The molecular formula is C16H23N3O4S. The first-order valence-electron chi connectivity index (χ1n) is 7.95. The summed E-state index contributed by atoms with van der Waals surface area (Å²) in [5, 5.41) is 8.83. The van der Waals surface area contributed by atoms with Crippen LogP contribution in [0.25, 0.3) is 0 Å². The number of benzene rings is 1. The number of rotatable bonds is 8. The molecule has 24 heavy (non-hydrogen) atoms. The van der Waals surface area contributed by atoms with Crippen LogP contribution >= 0.6 is 0 Å². The topological polar surface area (TPSA) is 91.7 Å². The summed E-state index contributed by atoms with van der Waals surface area (Å²) in [5.41, 5.74) is 1.09. The molecule has 1 aromatic carbocycles. The van der Waals surface area contributed by atoms with Gasteiger partial charge in [-0.25, -0.2) is 4.72 Å². The lowest BCUT2D eigenvalue weighted by Gasteiger charge is -2.28. The third-order valence-corrected chi connectivity index (χ3v) is 5.34. The molecule has 1 fully saturated rings. The number of morpholine rings is 1. The molecule has 0 radical (unpaired) electrons. The molecule has 132 valence electrons. The molecule has 1 aromatic rings. The minimum Gasteiger partial charge on any atom is -0.374 e. The highest BCUT2D eigenvalue weighted by molar-refractivity contribution is 7.87. The van der Waals surface area contributed by atoms with Gasteiger partial charge in [0.05, 0.1) is 25.3 Å². The van der Waals surface area contributed by atoms with Gasteiger partial charge in [0.15, 0.2) is 6.10 Å². The number of ether oxygens (including phenoxy) is 2. The monoisotopic (exact) mass is 353 g/mol. The van der Waals surface area contributed by atoms with E-state index in [1.165, 1.54) is 4.31 Å². The Kier molecular flexibility index (Phi) is 7.15. The number of hydrogen-bond donors (Lipinski definition) is 1. The van der Waals surface area contributed by atoms with Crippen molar-refractivity contribution in [1.29, 1.82) is 5.26 Å². The molecule has 0 bridgehead atoms. The second kappa shape index (κ2) is 9.11. The van der Waals surface area contributed by atoms with Crippen LogP contribution in [0.2, 0.25) is 0 Å². The highest BCUT2D eigenvalue weighted by Crippen LogP contribution is 2.15. The van der Waals surface area contributed by atoms with Gasteiger partial charge in [0, 0.05) is 19.7 Å². The van der Waals surface area contributed by atoms with E-state index in [9.17, 15) is 8.42 Å². The van der Waals surface area contributed by atoms with Gasteiger partial charge in [-0.15, -0.1) is 0 Å². The Labute approximate surface area is 143 Å². The summed E-state index contributed by atoms with van der Waals surface area (Å²) < 4.78 is 39.0. The molecule has 1 aliphatic rings. The van der Waals surface area contributed by atoms with Crippen molar-refractivity contribution < 1.29 is 17.9 Å². The van der Waals surface area contributed by atoms with Crippen molar-refractivity contribution in [3.63, 3.8) is 0 Å². The van der Waals surface area contributed by atoms with Crippen molar-refractivity contribution in [2.45, 2.75) is 25.6 Å². The first-order valence-corrected chi connectivity index (χ1v) is 9.39. The lowest BCUT2D eigenvalue weighted by Crippen LogP contribution is -2.49. The zero-order valence-electron chi connectivity index (χ0n) is 13.7. The molecule has 2 atom stereocenters. The van der Waals surface area contributed by atoms with Crippen LogP contribution in [0.3, 0.4) is 0 Å². The Morgan fingerprint density at radius 2 is 2.21 bits per heavy atom. The first-order chi connectivity index (χ1) is 11.5. The average Bonchev–Trinajstić information content (AvgIpc) is 2.62. The minimum atomic E-state index is -3.58. The van der Waals surface area contributed by atoms with Crippen molar-refractivity contribution in [3.8, 4) is 6.07 Å². The van der Waals surface area contributed by atoms with Crippen LogP contribution in [0.5, 0.6) is 0 Å². The Bertz CT molecular complexity index is 645. The van der Waals surface area contributed by atoms with Gasteiger partial charge in [0.2, 0.25) is 0 Å². The van der Waals surface area contributed by atoms with Gasteiger partial charge in [0.1, 0.15) is 0 Å². The fraction of sp³-hybridized carbons (Fsp3) is 0.562. The van der Waals surface area contributed by atoms with Gasteiger partial charge in [-0.1, -0.05) is 30.3 Å². The number of nitriles is 1. The maximum atomic E-state index is 12.2. The second-order valence-corrected chi connectivity index (χ2v) is 7.28. The van der Waals surface area contributed by atoms with Crippen LogP contribution < -0.4 is 4.72 Å². The molecule has 0 spiro atoms. The molecular weight excluding hydrogens is 330 g/mol. The predicted molar refractivity (Wildman–Crippen MR) is 89.3 cm³/mol. The Balaban J connectivity index is 1.69. The molecule has 2 rings (SSSR count). The van der Waals surface area contributed by atoms with Crippen LogP contribution in [0.15, 0.2) is 30.3 Å². The third kappa shape index (κ3) is 5.54. The zero-order chi connectivity index (χ0) is 17.4. The van der Waals surface area contributed by atoms with E-state index in [1.807, 2.05) is 43.3 Å². The predicted octanol–water partition coefficient (Wildman–Crippen LogP) is 1.21. The summed E-state index contributed by atoms with van der Waals surface area (Å²) in [6.45, 7) is 3.27. The SMILES string of the molecule is C[C@@H](OCCCNS(=O)(=O)N1CCO[C@@H](C#N)C1)c1ccccc1. The van der Waals surface area contributed by atoms with Gasteiger partial charge in [-0.05, 0) is 18.9 Å². The van der Waals surface area contributed by atoms with E-state index < -0.39 is 16.3 Å². The van der Waals surface area contributed by atoms with Crippen LogP contribution in [-0.4, -0.2) is 51.7 Å². The molecule has 1 N–H and O–H groups in total. The van der Waals surface area contributed by atoms with Gasteiger partial charge < -0.3 is 9.47 Å². The van der Waals surface area contributed by atoms with E-state index in [4.69, 9.17) is 14.7 Å². The summed E-state index contributed by atoms with van der Waals surface area (Å²) in [4.78, 5) is 0. The van der Waals surface area contributed by atoms with Crippen molar-refractivity contribution >= 4 is 10.2 Å². The highest BCUT2D eigenvalue weighted by atomic mass is 32.2. The fourth-order valence-electron chi connectivity index (χ4n) is 2.37. The van der Waals surface area contributed by atoms with E-state index in [2.05, 4.69) is 4.72 Å². The van der Waals surface area contributed by atoms with Crippen molar-refractivity contribution in [1.82, 2.24) is 9.03 Å². The lowest BCUT2D eigenvalue weighted by molar-refractivity contribution is 0.0306. The molecule has 0 aromatic heterocycles. The summed E-state index contributed by atoms with van der Waals surface area (Å²) >= 11 is 0. The van der Waals surface area contributed by atoms with Gasteiger partial charge >= 0.3 is 0 Å². The van der Waals surface area contributed by atoms with E-state index in [0.29, 0.717) is 19.6 Å². The molecule has 1 saturated heterocycles. The number of hydrogen-bond acceptors (Lipinski definition) is 5. The average molecular weight is 353 g/mol. The number of nitrogens with zero attached hydrogens (tertiary/aromatic N) is 2. The van der Waals surface area contributed by atoms with E-state index in [-0.39, 0.29) is 25.8 Å². The summed E-state index contributed by atoms with van der Waals surface area (Å²) in [7, 11) is -3.58. The van der Waals surface area contributed by atoms with E-state index >= 15 is 0 Å². The Hall–Kier alpha value is -1.50. The van der Waals surface area contributed by atoms with Crippen molar-refractivity contribution in [2.75, 3.05) is 32.8 Å². The maximum absolute atomic E-state index is 12.2. The van der Waals surface area contributed by atoms with Crippen LogP contribution in [-0.2, 0) is 19.7 Å². The van der Waals surface area contributed by atoms with E-state index in [1.54, 1.807) is 0 Å². The van der Waals surface area contributed by atoms with Crippen LogP contribution in [0.1, 0.15) is 25.0 Å². The summed E-state index contributed by atoms with van der Waals surface area (Å²) in [6.07, 6.45) is -0.161. The Morgan fingerprint density at radius 3 is 2.92 bits per heavy atom. The molecule has 0 amide bonds. The van der Waals surface area contributed by atoms with Gasteiger partial charge in [0.25, 0.3) is 10.2 Å². The van der Waals surface area contributed by atoms with Crippen molar-refractivity contribution in [3.05, 3.63) is 35.9 Å². The minimum absolute atomic E-state index is 0.0292. The molecule has 0 aliphatic carbocycles. The summed E-state index contributed by atoms with van der Waals surface area (Å²) in [5.74, 6) is 0. The van der Waals surface area contributed by atoms with E-state index in [0.717, 1.165) is 5.56 Å². The van der Waals surface area contributed by atoms with Crippen LogP contribution in [0, 0.1) is 11.3 Å². The molecule has 0 saturated carbocycles. The smallest absolute Gasteiger partial charge is 0.279 e. The van der Waals surface area contributed by atoms with Crippen molar-refractivity contribution in [2.24, 2.45) is 0 Å². The molecule has 1 aliphatic heterocycles. The normalized spacial score (nSPS) is 20.4. The number of nitrogens with one attached hydrogen (secondary N) is 1. The Morgan fingerprint density at radius 1 is 1.46 bits per heavy atom. The second-order valence-electron chi connectivity index (χ2n) is 5.52. The molecule has 1 heterocycles. The highest BCUT2D eigenvalue weighted by Gasteiger charge is 2.28. The molecule has 8 heteroatoms. The van der Waals surface area contributed by atoms with Crippen LogP contribution in [0.4, 0.5) is 0 Å². The third-order valence-electron chi connectivity index (χ3n) is 3.76. The van der Waals surface area contributed by atoms with Gasteiger partial charge in [-0.2, -0.15) is 18.0 Å². The molecule has 0 unspecified atom stereocenters. The van der Waals surface area contributed by atoms with Gasteiger partial charge in [-0.3, -0.25) is 0 Å². The largest absolute Gasteiger partial charge is 0.374 e. The molecule has 7 nitrogen and oxygen atoms in total. The summed E-state index contributed by atoms with van der Waals surface area (Å²) in [6, 6.07) is 11.8. The zero-order valence-corrected chi connectivity index (χ0v) is 14.5. The maximum Gasteiger partial charge on any atom is 0.279 e. The first kappa shape index (κ1) is 18.8. The lowest BCUT2D eigenvalue weighted by atomic mass is 10.1. The quantitative estimate of drug-likeness (QED) is 0.709. The standard InChI is InChI=1S/C16H23N3O4S/c1-14(15-6-3-2-4-7-15)22-10-5-8-18-24(20,21)19-9-11-23-16(12-17)13-19/h2-4,6-7,14,16,18H,5,8-11,13H2,1H3/t14-,16+/m1/s1. The fourth-order valence-corrected chi connectivity index (χ4v) is 3.60.